The minimum absolute atomic E-state index is 0.0595. The topological polar surface area (TPSA) is 64.1 Å². The van der Waals surface area contributed by atoms with Gasteiger partial charge in [0.15, 0.2) is 0 Å². The number of aromatic nitrogens is 2. The molecule has 1 N–H and O–H groups in total. The second-order valence-corrected chi connectivity index (χ2v) is 7.41. The van der Waals surface area contributed by atoms with E-state index in [9.17, 15) is 4.79 Å². The predicted octanol–water partition coefficient (Wildman–Crippen LogP) is 4.38. The molecule has 0 saturated heterocycles. The average molecular weight is 355 g/mol. The van der Waals surface area contributed by atoms with Gasteiger partial charge in [-0.1, -0.05) is 6.07 Å². The lowest BCUT2D eigenvalue weighted by Gasteiger charge is -2.11. The lowest BCUT2D eigenvalue weighted by atomic mass is 10.1. The Bertz CT molecular complexity index is 943. The third-order valence-electron chi connectivity index (χ3n) is 4.09. The summed E-state index contributed by atoms with van der Waals surface area (Å²) < 4.78 is 4.75. The van der Waals surface area contributed by atoms with Crippen LogP contribution in [0.25, 0.3) is 10.2 Å². The molecule has 0 aliphatic rings. The van der Waals surface area contributed by atoms with E-state index in [1.807, 2.05) is 0 Å². The van der Waals surface area contributed by atoms with Crippen LogP contribution in [0.4, 0.5) is 11.5 Å². The molecule has 0 spiro atoms. The summed E-state index contributed by atoms with van der Waals surface area (Å²) in [5.41, 5.74) is 4.50. The van der Waals surface area contributed by atoms with Gasteiger partial charge in [-0.2, -0.15) is 0 Å². The third kappa shape index (κ3) is 3.64. The smallest absolute Gasteiger partial charge is 0.313 e. The minimum Gasteiger partial charge on any atom is -0.469 e. The number of hydrogen-bond acceptors (Lipinski definition) is 6. The molecule has 0 saturated carbocycles. The molecule has 0 atom stereocenters. The Kier molecular flexibility index (Phi) is 4.72. The fourth-order valence-corrected chi connectivity index (χ4v) is 3.90. The summed E-state index contributed by atoms with van der Waals surface area (Å²) in [7, 11) is 1.37. The van der Waals surface area contributed by atoms with Gasteiger partial charge in [-0.25, -0.2) is 9.97 Å². The van der Waals surface area contributed by atoms with E-state index in [0.717, 1.165) is 27.3 Å². The van der Waals surface area contributed by atoms with Gasteiger partial charge in [0.2, 0.25) is 0 Å². The fourth-order valence-electron chi connectivity index (χ4n) is 2.85. The van der Waals surface area contributed by atoms with Crippen molar-refractivity contribution >= 4 is 39.0 Å². The molecule has 0 aliphatic carbocycles. The van der Waals surface area contributed by atoms with E-state index in [-0.39, 0.29) is 12.4 Å². The van der Waals surface area contributed by atoms with Crippen molar-refractivity contribution in [2.24, 2.45) is 0 Å². The highest BCUT2D eigenvalue weighted by Gasteiger charge is 2.16. The highest BCUT2D eigenvalue weighted by Crippen LogP contribution is 2.34. The van der Waals surface area contributed by atoms with Crippen LogP contribution in [-0.2, 0) is 16.0 Å². The Morgan fingerprint density at radius 3 is 2.44 bits per heavy atom. The molecule has 3 rings (SSSR count). The zero-order valence-corrected chi connectivity index (χ0v) is 15.9. The maximum absolute atomic E-state index is 11.6. The standard InChI is InChI=1S/C19H21N3O2S/c1-10-6-11(2)8-14(7-10)20-18-17-12(3)13(4)25-19(17)22-15(21-18)9-16(23)24-5/h6-8H,9H2,1-5H3,(H,20,21,22). The molecule has 0 unspecified atom stereocenters. The van der Waals surface area contributed by atoms with Gasteiger partial charge in [0.1, 0.15) is 22.9 Å². The number of ether oxygens (including phenoxy) is 1. The van der Waals surface area contributed by atoms with Gasteiger partial charge in [-0.15, -0.1) is 11.3 Å². The number of methoxy groups -OCH3 is 1. The van der Waals surface area contributed by atoms with Gasteiger partial charge in [0.05, 0.1) is 12.5 Å². The van der Waals surface area contributed by atoms with Crippen LogP contribution in [0.1, 0.15) is 27.4 Å². The molecule has 25 heavy (non-hydrogen) atoms. The molecule has 6 heteroatoms. The summed E-state index contributed by atoms with van der Waals surface area (Å²) in [5.74, 6) is 0.852. The van der Waals surface area contributed by atoms with E-state index in [2.05, 4.69) is 61.2 Å². The molecular formula is C19H21N3O2S. The van der Waals surface area contributed by atoms with Crippen LogP contribution in [0.15, 0.2) is 18.2 Å². The minimum atomic E-state index is -0.346. The maximum Gasteiger partial charge on any atom is 0.313 e. The summed E-state index contributed by atoms with van der Waals surface area (Å²) >= 11 is 1.62. The van der Waals surface area contributed by atoms with Crippen molar-refractivity contribution in [2.45, 2.75) is 34.1 Å². The molecule has 2 aromatic heterocycles. The number of benzene rings is 1. The van der Waals surface area contributed by atoms with Crippen molar-refractivity contribution in [3.63, 3.8) is 0 Å². The number of aryl methyl sites for hydroxylation is 4. The van der Waals surface area contributed by atoms with Gasteiger partial charge < -0.3 is 10.1 Å². The van der Waals surface area contributed by atoms with Crippen LogP contribution in [0.3, 0.4) is 0 Å². The van der Waals surface area contributed by atoms with Crippen molar-refractivity contribution in [1.29, 1.82) is 0 Å². The van der Waals surface area contributed by atoms with E-state index in [0.29, 0.717) is 5.82 Å². The number of fused-ring (bicyclic) bond motifs is 1. The number of nitrogens with zero attached hydrogens (tertiary/aromatic N) is 2. The van der Waals surface area contributed by atoms with Crippen molar-refractivity contribution in [3.8, 4) is 0 Å². The first-order valence-electron chi connectivity index (χ1n) is 8.06. The zero-order chi connectivity index (χ0) is 18.1. The number of carbonyl (C=O) groups is 1. The molecule has 130 valence electrons. The molecule has 0 fully saturated rings. The van der Waals surface area contributed by atoms with Crippen LogP contribution in [-0.4, -0.2) is 23.0 Å². The molecular weight excluding hydrogens is 334 g/mol. The lowest BCUT2D eigenvalue weighted by molar-refractivity contribution is -0.139. The predicted molar refractivity (Wildman–Crippen MR) is 102 cm³/mol. The SMILES string of the molecule is COC(=O)Cc1nc(Nc2cc(C)cc(C)c2)c2c(C)c(C)sc2n1. The Balaban J connectivity index is 2.11. The quantitative estimate of drug-likeness (QED) is 0.704. The number of anilines is 2. The van der Waals surface area contributed by atoms with E-state index in [4.69, 9.17) is 4.74 Å². The molecule has 3 aromatic rings. The maximum atomic E-state index is 11.6. The van der Waals surface area contributed by atoms with Gasteiger partial charge in [-0.05, 0) is 56.5 Å². The molecule has 1 aromatic carbocycles. The number of thiophene rings is 1. The normalized spacial score (nSPS) is 10.9. The number of rotatable bonds is 4. The molecule has 0 bridgehead atoms. The van der Waals surface area contributed by atoms with Gasteiger partial charge >= 0.3 is 5.97 Å². The number of nitrogens with one attached hydrogen (secondary N) is 1. The van der Waals surface area contributed by atoms with Crippen LogP contribution >= 0.6 is 11.3 Å². The highest BCUT2D eigenvalue weighted by atomic mass is 32.1. The van der Waals surface area contributed by atoms with E-state index in [1.165, 1.54) is 23.1 Å². The van der Waals surface area contributed by atoms with Gasteiger partial charge in [0.25, 0.3) is 0 Å². The van der Waals surface area contributed by atoms with E-state index in [1.54, 1.807) is 11.3 Å². The summed E-state index contributed by atoms with van der Waals surface area (Å²) in [6.07, 6.45) is 0.0595. The molecule has 2 heterocycles. The summed E-state index contributed by atoms with van der Waals surface area (Å²) in [4.78, 5) is 22.9. The lowest BCUT2D eigenvalue weighted by Crippen LogP contribution is -2.09. The van der Waals surface area contributed by atoms with Crippen molar-refractivity contribution < 1.29 is 9.53 Å². The van der Waals surface area contributed by atoms with Crippen molar-refractivity contribution in [1.82, 2.24) is 9.97 Å². The highest BCUT2D eigenvalue weighted by molar-refractivity contribution is 7.18. The van der Waals surface area contributed by atoms with Crippen LogP contribution in [0.2, 0.25) is 0 Å². The van der Waals surface area contributed by atoms with E-state index < -0.39 is 0 Å². The largest absolute Gasteiger partial charge is 0.469 e. The summed E-state index contributed by atoms with van der Waals surface area (Å²) in [5, 5.41) is 4.43. The second kappa shape index (κ2) is 6.80. The molecule has 0 amide bonds. The third-order valence-corrected chi connectivity index (χ3v) is 5.19. The first kappa shape index (κ1) is 17.4. The number of carbonyl (C=O) groups excluding carboxylic acids is 1. The molecule has 0 aliphatic heterocycles. The number of hydrogen-bond donors (Lipinski definition) is 1. The summed E-state index contributed by atoms with van der Waals surface area (Å²) in [6, 6.07) is 6.29. The molecule has 0 radical (unpaired) electrons. The number of esters is 1. The monoisotopic (exact) mass is 355 g/mol. The van der Waals surface area contributed by atoms with Crippen molar-refractivity contribution in [2.75, 3.05) is 12.4 Å². The Hall–Kier alpha value is -2.47. The average Bonchev–Trinajstić information content (AvgIpc) is 2.81. The van der Waals surface area contributed by atoms with Crippen LogP contribution in [0.5, 0.6) is 0 Å². The fraction of sp³-hybridized carbons (Fsp3) is 0.316. The van der Waals surface area contributed by atoms with Crippen LogP contribution in [0, 0.1) is 27.7 Å². The van der Waals surface area contributed by atoms with Crippen molar-refractivity contribution in [3.05, 3.63) is 45.6 Å². The summed E-state index contributed by atoms with van der Waals surface area (Å²) in [6.45, 7) is 8.28. The second-order valence-electron chi connectivity index (χ2n) is 6.21. The Morgan fingerprint density at radius 1 is 1.12 bits per heavy atom. The first-order valence-corrected chi connectivity index (χ1v) is 8.87. The van der Waals surface area contributed by atoms with Gasteiger partial charge in [-0.3, -0.25) is 4.79 Å². The Labute approximate surface area is 151 Å². The van der Waals surface area contributed by atoms with Gasteiger partial charge in [0, 0.05) is 10.6 Å². The first-order chi connectivity index (χ1) is 11.9. The Morgan fingerprint density at radius 2 is 1.80 bits per heavy atom. The zero-order valence-electron chi connectivity index (χ0n) is 15.1. The van der Waals surface area contributed by atoms with E-state index >= 15 is 0 Å². The molecule has 5 nitrogen and oxygen atoms in total. The van der Waals surface area contributed by atoms with Crippen LogP contribution < -0.4 is 5.32 Å².